The Morgan fingerprint density at radius 1 is 0.914 bits per heavy atom. The minimum atomic E-state index is -0.788. The van der Waals surface area contributed by atoms with Gasteiger partial charge in [-0.25, -0.2) is 23.8 Å². The first-order valence-electron chi connectivity index (χ1n) is 19.7. The van der Waals surface area contributed by atoms with Gasteiger partial charge in [-0.15, -0.1) is 0 Å². The molecule has 0 spiro atoms. The molecular formula is C45H50FN9O3. The third kappa shape index (κ3) is 9.60. The fourth-order valence-corrected chi connectivity index (χ4v) is 6.85. The molecular weight excluding hydrogens is 734 g/mol. The number of hydrogen-bond acceptors (Lipinski definition) is 8. The monoisotopic (exact) mass is 783 g/mol. The van der Waals surface area contributed by atoms with Crippen LogP contribution in [0.3, 0.4) is 0 Å². The number of urea groups is 1. The molecule has 3 heterocycles. The van der Waals surface area contributed by atoms with Crippen molar-refractivity contribution in [1.82, 2.24) is 30.0 Å². The normalized spacial score (nSPS) is 14.3. The molecule has 6 aromatic rings. The number of alkyl halides is 1. The Balaban J connectivity index is 1.00. The van der Waals surface area contributed by atoms with Crippen LogP contribution in [0, 0.1) is 6.92 Å². The molecule has 4 N–H and O–H groups in total. The van der Waals surface area contributed by atoms with Gasteiger partial charge in [0.1, 0.15) is 35.9 Å². The Morgan fingerprint density at radius 2 is 1.71 bits per heavy atom. The molecule has 0 bridgehead atoms. The van der Waals surface area contributed by atoms with E-state index >= 15 is 0 Å². The Bertz CT molecular complexity index is 2390. The quantitative estimate of drug-likeness (QED) is 0.0913. The first-order valence-corrected chi connectivity index (χ1v) is 19.7. The lowest BCUT2D eigenvalue weighted by Gasteiger charge is -2.16. The van der Waals surface area contributed by atoms with Gasteiger partial charge in [0.2, 0.25) is 0 Å². The molecule has 0 radical (unpaired) electrons. The average molecular weight is 784 g/mol. The summed E-state index contributed by atoms with van der Waals surface area (Å²) in [7, 11) is 0. The Morgan fingerprint density at radius 3 is 2.41 bits per heavy atom. The number of carbonyl (C=O) groups excluding carboxylic acids is 2. The number of carbonyl (C=O) groups is 2. The highest BCUT2D eigenvalue weighted by molar-refractivity contribution is 6.07. The van der Waals surface area contributed by atoms with Crippen molar-refractivity contribution >= 4 is 45.7 Å². The fourth-order valence-electron chi connectivity index (χ4n) is 6.85. The van der Waals surface area contributed by atoms with Crippen molar-refractivity contribution in [2.24, 2.45) is 0 Å². The lowest BCUT2D eigenvalue weighted by Crippen LogP contribution is -2.34. The summed E-state index contributed by atoms with van der Waals surface area (Å²) < 4.78 is 21.6. The smallest absolute Gasteiger partial charge is 0.324 e. The molecule has 1 saturated heterocycles. The summed E-state index contributed by atoms with van der Waals surface area (Å²) in [6.07, 6.45) is 3.52. The number of aromatic nitrogens is 4. The van der Waals surface area contributed by atoms with Crippen LogP contribution in [0.15, 0.2) is 97.3 Å². The van der Waals surface area contributed by atoms with E-state index in [0.717, 1.165) is 51.0 Å². The average Bonchev–Trinajstić information content (AvgIpc) is 3.84. The van der Waals surface area contributed by atoms with E-state index in [1.54, 1.807) is 4.68 Å². The maximum Gasteiger partial charge on any atom is 0.324 e. The van der Waals surface area contributed by atoms with Crippen molar-refractivity contribution in [3.05, 3.63) is 125 Å². The van der Waals surface area contributed by atoms with Crippen molar-refractivity contribution in [2.75, 3.05) is 42.1 Å². The summed E-state index contributed by atoms with van der Waals surface area (Å²) in [6.45, 7) is 12.8. The van der Waals surface area contributed by atoms with Gasteiger partial charge in [0, 0.05) is 54.1 Å². The van der Waals surface area contributed by atoms with E-state index in [9.17, 15) is 14.0 Å². The first-order chi connectivity index (χ1) is 27.9. The van der Waals surface area contributed by atoms with Crippen molar-refractivity contribution < 1.29 is 18.7 Å². The lowest BCUT2D eigenvalue weighted by atomic mass is 9.92. The van der Waals surface area contributed by atoms with Gasteiger partial charge in [-0.1, -0.05) is 81.8 Å². The molecule has 1 aliphatic rings. The van der Waals surface area contributed by atoms with Crippen LogP contribution >= 0.6 is 0 Å². The van der Waals surface area contributed by atoms with E-state index in [1.165, 1.54) is 12.4 Å². The lowest BCUT2D eigenvalue weighted by molar-refractivity contribution is 0.0944. The van der Waals surface area contributed by atoms with Gasteiger partial charge in [-0.05, 0) is 61.2 Å². The van der Waals surface area contributed by atoms with E-state index in [2.05, 4.69) is 65.0 Å². The zero-order valence-corrected chi connectivity index (χ0v) is 33.6. The van der Waals surface area contributed by atoms with Crippen molar-refractivity contribution in [3.63, 3.8) is 0 Å². The standard InChI is InChI=1S/C45H50FN9O3/c1-6-31-14-13-30(23-37(31)50-41-26-48-38(25-49-41)43(56)47-20-22-54-21-19-32(46)27-54)28-58-39-18-17-36(34-9-7-8-10-35(34)39)51-44(57)52-42-24-40(45(3,4)5)53-55(42)33-15-11-29(2)12-16-33/h7-18,23-26,32H,6,19-22,27-28H2,1-5H3,(H,47,56)(H,49,50)(H2,51,52,57). The zero-order chi connectivity index (χ0) is 40.8. The molecule has 12 nitrogen and oxygen atoms in total. The second-order valence-electron chi connectivity index (χ2n) is 15.6. The molecule has 13 heteroatoms. The van der Waals surface area contributed by atoms with Crippen LogP contribution in [0.1, 0.15) is 67.0 Å². The van der Waals surface area contributed by atoms with Crippen LogP contribution in [0.25, 0.3) is 16.5 Å². The molecule has 1 unspecified atom stereocenters. The summed E-state index contributed by atoms with van der Waals surface area (Å²) in [6, 6.07) is 27.2. The largest absolute Gasteiger partial charge is 0.488 e. The predicted molar refractivity (Wildman–Crippen MR) is 227 cm³/mol. The second-order valence-corrected chi connectivity index (χ2v) is 15.6. The highest BCUT2D eigenvalue weighted by Gasteiger charge is 2.23. The SMILES string of the molecule is CCc1ccc(COc2ccc(NC(=O)Nc3cc(C(C)(C)C)nn3-c3ccc(C)cc3)c3ccccc23)cc1Nc1cnc(C(=O)NCCN2CCC(F)C2)cn1. The fraction of sp³-hybridized carbons (Fsp3) is 0.311. The summed E-state index contributed by atoms with van der Waals surface area (Å²) in [5.74, 6) is 1.42. The Labute approximate surface area is 338 Å². The van der Waals surface area contributed by atoms with E-state index in [4.69, 9.17) is 9.84 Å². The third-order valence-corrected chi connectivity index (χ3v) is 10.2. The number of benzene rings is 4. The molecule has 300 valence electrons. The Kier molecular flexibility index (Phi) is 12.0. The van der Waals surface area contributed by atoms with E-state index < -0.39 is 12.2 Å². The van der Waals surface area contributed by atoms with Gasteiger partial charge in [0.15, 0.2) is 0 Å². The van der Waals surface area contributed by atoms with Crippen LogP contribution in [0.4, 0.5) is 32.2 Å². The molecule has 2 aromatic heterocycles. The maximum atomic E-state index is 13.5. The van der Waals surface area contributed by atoms with Crippen LogP contribution < -0.4 is 26.0 Å². The van der Waals surface area contributed by atoms with Gasteiger partial charge < -0.3 is 20.7 Å². The predicted octanol–water partition coefficient (Wildman–Crippen LogP) is 8.72. The van der Waals surface area contributed by atoms with Crippen molar-refractivity contribution in [1.29, 1.82) is 0 Å². The van der Waals surface area contributed by atoms with Crippen LogP contribution in [-0.2, 0) is 18.4 Å². The number of rotatable bonds is 13. The molecule has 4 aromatic carbocycles. The minimum Gasteiger partial charge on any atom is -0.488 e. The third-order valence-electron chi connectivity index (χ3n) is 10.2. The summed E-state index contributed by atoms with van der Waals surface area (Å²) in [5.41, 5.74) is 6.36. The van der Waals surface area contributed by atoms with Gasteiger partial charge in [0.25, 0.3) is 5.91 Å². The van der Waals surface area contributed by atoms with Crippen molar-refractivity contribution in [2.45, 2.75) is 65.7 Å². The van der Waals surface area contributed by atoms with E-state index in [1.807, 2.05) is 90.7 Å². The van der Waals surface area contributed by atoms with Crippen molar-refractivity contribution in [3.8, 4) is 11.4 Å². The van der Waals surface area contributed by atoms with Gasteiger partial charge in [-0.3, -0.25) is 15.0 Å². The summed E-state index contributed by atoms with van der Waals surface area (Å²) in [4.78, 5) is 36.9. The van der Waals surface area contributed by atoms with Crippen LogP contribution in [0.5, 0.6) is 5.75 Å². The molecule has 0 saturated carbocycles. The number of amides is 3. The number of aryl methyl sites for hydroxylation is 2. The summed E-state index contributed by atoms with van der Waals surface area (Å²) in [5, 5.41) is 18.8. The first kappa shape index (κ1) is 39.9. The number of halogens is 1. The maximum absolute atomic E-state index is 13.5. The molecule has 58 heavy (non-hydrogen) atoms. The van der Waals surface area contributed by atoms with E-state index in [-0.39, 0.29) is 17.0 Å². The highest BCUT2D eigenvalue weighted by Crippen LogP contribution is 2.33. The molecule has 0 aliphatic carbocycles. The summed E-state index contributed by atoms with van der Waals surface area (Å²) >= 11 is 0. The van der Waals surface area contributed by atoms with Gasteiger partial charge >= 0.3 is 6.03 Å². The number of anilines is 4. The van der Waals surface area contributed by atoms with Crippen LogP contribution in [0.2, 0.25) is 0 Å². The number of nitrogens with one attached hydrogen (secondary N) is 4. The zero-order valence-electron chi connectivity index (χ0n) is 33.6. The second kappa shape index (κ2) is 17.4. The van der Waals surface area contributed by atoms with E-state index in [0.29, 0.717) is 62.3 Å². The van der Waals surface area contributed by atoms with Crippen LogP contribution in [-0.4, -0.2) is 68.9 Å². The Hall–Kier alpha value is -6.34. The molecule has 1 fully saturated rings. The highest BCUT2D eigenvalue weighted by atomic mass is 19.1. The number of likely N-dealkylation sites (tertiary alicyclic amines) is 1. The number of hydrogen-bond donors (Lipinski definition) is 4. The minimum absolute atomic E-state index is 0.211. The van der Waals surface area contributed by atoms with Gasteiger partial charge in [-0.2, -0.15) is 5.10 Å². The number of ether oxygens (including phenoxy) is 1. The topological polar surface area (TPSA) is 138 Å². The molecule has 1 aliphatic heterocycles. The molecule has 7 rings (SSSR count). The molecule has 1 atom stereocenters. The number of fused-ring (bicyclic) bond motifs is 1. The molecule has 3 amide bonds. The van der Waals surface area contributed by atoms with Gasteiger partial charge in [0.05, 0.1) is 29.5 Å². The number of nitrogens with zero attached hydrogens (tertiary/aromatic N) is 5.